The lowest BCUT2D eigenvalue weighted by molar-refractivity contribution is -0.143. The van der Waals surface area contributed by atoms with Gasteiger partial charge >= 0.3 is 12.0 Å². The summed E-state index contributed by atoms with van der Waals surface area (Å²) in [5, 5.41) is 14.4. The van der Waals surface area contributed by atoms with E-state index in [1.165, 1.54) is 0 Å². The summed E-state index contributed by atoms with van der Waals surface area (Å²) in [5.74, 6) is -1.70. The number of rotatable bonds is 5. The Kier molecular flexibility index (Phi) is 5.35. The molecular formula is C13H23N3O4. The van der Waals surface area contributed by atoms with Gasteiger partial charge in [0.05, 0.1) is 5.92 Å². The quantitative estimate of drug-likeness (QED) is 0.590. The summed E-state index contributed by atoms with van der Waals surface area (Å²) in [5.41, 5.74) is 4.39. The van der Waals surface area contributed by atoms with Gasteiger partial charge < -0.3 is 21.5 Å². The Bertz CT molecular complexity index is 395. The van der Waals surface area contributed by atoms with Crippen LogP contribution in [-0.4, -0.2) is 34.6 Å². The van der Waals surface area contributed by atoms with Crippen LogP contribution in [0, 0.1) is 5.92 Å². The minimum atomic E-state index is -0.814. The van der Waals surface area contributed by atoms with Gasteiger partial charge in [0.25, 0.3) is 0 Å². The number of carbonyl (C=O) groups is 3. The molecule has 7 nitrogen and oxygen atoms in total. The van der Waals surface area contributed by atoms with Crippen molar-refractivity contribution in [2.75, 3.05) is 0 Å². The van der Waals surface area contributed by atoms with Gasteiger partial charge in [-0.2, -0.15) is 0 Å². The number of hydrogen-bond acceptors (Lipinski definition) is 3. The molecule has 3 amide bonds. The zero-order chi connectivity index (χ0) is 15.3. The smallest absolute Gasteiger partial charge is 0.315 e. The van der Waals surface area contributed by atoms with Crippen LogP contribution in [0.15, 0.2) is 0 Å². The van der Waals surface area contributed by atoms with Gasteiger partial charge in [0, 0.05) is 18.0 Å². The monoisotopic (exact) mass is 285 g/mol. The summed E-state index contributed by atoms with van der Waals surface area (Å²) >= 11 is 0. The summed E-state index contributed by atoms with van der Waals surface area (Å²) in [7, 11) is 0. The molecule has 0 aliphatic heterocycles. The van der Waals surface area contributed by atoms with Crippen LogP contribution in [0.5, 0.6) is 0 Å². The molecule has 1 fully saturated rings. The van der Waals surface area contributed by atoms with E-state index >= 15 is 0 Å². The highest BCUT2D eigenvalue weighted by Crippen LogP contribution is 2.24. The lowest BCUT2D eigenvalue weighted by atomic mass is 9.86. The maximum Gasteiger partial charge on any atom is 0.315 e. The number of amides is 3. The van der Waals surface area contributed by atoms with Gasteiger partial charge in [0.2, 0.25) is 5.91 Å². The highest BCUT2D eigenvalue weighted by atomic mass is 16.4. The normalized spacial score (nSPS) is 22.9. The second-order valence-corrected chi connectivity index (χ2v) is 6.02. The number of urea groups is 1. The molecule has 0 heterocycles. The minimum Gasteiger partial charge on any atom is -0.481 e. The molecule has 1 rings (SSSR count). The standard InChI is InChI=1S/C13H23N3O4/c1-13(2,7-10(14)17)16-12(20)15-9-5-3-4-8(6-9)11(18)19/h8-9H,3-7H2,1-2H3,(H2,14,17)(H,18,19)(H2,15,16,20). The van der Waals surface area contributed by atoms with E-state index in [-0.39, 0.29) is 12.5 Å². The van der Waals surface area contributed by atoms with Crippen molar-refractivity contribution < 1.29 is 19.5 Å². The van der Waals surface area contributed by atoms with E-state index in [2.05, 4.69) is 10.6 Å². The van der Waals surface area contributed by atoms with Crippen molar-refractivity contribution in [1.82, 2.24) is 10.6 Å². The number of hydrogen-bond donors (Lipinski definition) is 4. The van der Waals surface area contributed by atoms with Crippen LogP contribution in [0.4, 0.5) is 4.79 Å². The maximum atomic E-state index is 11.9. The summed E-state index contributed by atoms with van der Waals surface area (Å²) in [6.45, 7) is 3.41. The van der Waals surface area contributed by atoms with Crippen LogP contribution in [0.25, 0.3) is 0 Å². The van der Waals surface area contributed by atoms with Crippen molar-refractivity contribution in [2.45, 2.75) is 57.5 Å². The number of carbonyl (C=O) groups excluding carboxylic acids is 2. The minimum absolute atomic E-state index is 0.0445. The van der Waals surface area contributed by atoms with Crippen molar-refractivity contribution in [3.63, 3.8) is 0 Å². The first-order valence-electron chi connectivity index (χ1n) is 6.79. The van der Waals surface area contributed by atoms with E-state index in [1.54, 1.807) is 13.8 Å². The van der Waals surface area contributed by atoms with E-state index in [0.29, 0.717) is 12.8 Å². The van der Waals surface area contributed by atoms with Crippen LogP contribution in [-0.2, 0) is 9.59 Å². The Morgan fingerprint density at radius 3 is 2.50 bits per heavy atom. The molecule has 0 aromatic heterocycles. The maximum absolute atomic E-state index is 11.9. The zero-order valence-electron chi connectivity index (χ0n) is 11.9. The first-order valence-corrected chi connectivity index (χ1v) is 6.79. The molecule has 1 aliphatic rings. The van der Waals surface area contributed by atoms with E-state index in [1.807, 2.05) is 0 Å². The van der Waals surface area contributed by atoms with Crippen LogP contribution in [0.1, 0.15) is 46.0 Å². The van der Waals surface area contributed by atoms with Crippen molar-refractivity contribution in [3.05, 3.63) is 0 Å². The SMILES string of the molecule is CC(C)(CC(N)=O)NC(=O)NC1CCCC(C(=O)O)C1. The van der Waals surface area contributed by atoms with Crippen LogP contribution < -0.4 is 16.4 Å². The first-order chi connectivity index (χ1) is 9.19. The van der Waals surface area contributed by atoms with Crippen molar-refractivity contribution in [2.24, 2.45) is 11.7 Å². The van der Waals surface area contributed by atoms with Crippen molar-refractivity contribution >= 4 is 17.9 Å². The van der Waals surface area contributed by atoms with Crippen LogP contribution >= 0.6 is 0 Å². The molecule has 0 saturated heterocycles. The van der Waals surface area contributed by atoms with Gasteiger partial charge in [0.15, 0.2) is 0 Å². The predicted octanol–water partition coefficient (Wildman–Crippen LogP) is 0.583. The molecule has 0 radical (unpaired) electrons. The summed E-state index contributed by atoms with van der Waals surface area (Å²) in [6.07, 6.45) is 2.70. The number of nitrogens with one attached hydrogen (secondary N) is 2. The van der Waals surface area contributed by atoms with Gasteiger partial charge in [-0.25, -0.2) is 4.79 Å². The van der Waals surface area contributed by atoms with Gasteiger partial charge in [-0.15, -0.1) is 0 Å². The number of primary amides is 1. The second kappa shape index (κ2) is 6.58. The highest BCUT2D eigenvalue weighted by molar-refractivity contribution is 5.79. The van der Waals surface area contributed by atoms with Gasteiger partial charge in [-0.05, 0) is 33.1 Å². The molecule has 0 aromatic rings. The van der Waals surface area contributed by atoms with Crippen LogP contribution in [0.3, 0.4) is 0 Å². The highest BCUT2D eigenvalue weighted by Gasteiger charge is 2.29. The first kappa shape index (κ1) is 16.3. The molecule has 0 bridgehead atoms. The second-order valence-electron chi connectivity index (χ2n) is 6.02. The van der Waals surface area contributed by atoms with Gasteiger partial charge in [0.1, 0.15) is 0 Å². The molecule has 114 valence electrons. The molecule has 5 N–H and O–H groups in total. The molecule has 20 heavy (non-hydrogen) atoms. The summed E-state index contributed by atoms with van der Waals surface area (Å²) < 4.78 is 0. The van der Waals surface area contributed by atoms with Crippen molar-refractivity contribution in [3.8, 4) is 0 Å². The Hall–Kier alpha value is -1.79. The molecule has 1 saturated carbocycles. The van der Waals surface area contributed by atoms with Crippen LogP contribution in [0.2, 0.25) is 0 Å². The van der Waals surface area contributed by atoms with Gasteiger partial charge in [-0.1, -0.05) is 6.42 Å². The predicted molar refractivity (Wildman–Crippen MR) is 72.9 cm³/mol. The Morgan fingerprint density at radius 1 is 1.30 bits per heavy atom. The number of carboxylic acids is 1. The largest absolute Gasteiger partial charge is 0.481 e. The Labute approximate surface area is 118 Å². The summed E-state index contributed by atoms with van der Waals surface area (Å²) in [6, 6.07) is -0.540. The number of nitrogens with two attached hydrogens (primary N) is 1. The molecule has 1 aliphatic carbocycles. The van der Waals surface area contributed by atoms with E-state index in [9.17, 15) is 14.4 Å². The molecule has 0 aromatic carbocycles. The van der Waals surface area contributed by atoms with Crippen molar-refractivity contribution in [1.29, 1.82) is 0 Å². The average molecular weight is 285 g/mol. The van der Waals surface area contributed by atoms with Gasteiger partial charge in [-0.3, -0.25) is 9.59 Å². The average Bonchev–Trinajstić information content (AvgIpc) is 2.25. The topological polar surface area (TPSA) is 122 Å². The fourth-order valence-corrected chi connectivity index (χ4v) is 2.55. The third-order valence-electron chi connectivity index (χ3n) is 3.43. The van der Waals surface area contributed by atoms with E-state index < -0.39 is 29.4 Å². The molecule has 2 atom stereocenters. The third-order valence-corrected chi connectivity index (χ3v) is 3.43. The molecule has 7 heteroatoms. The number of aliphatic carboxylic acids is 1. The third kappa shape index (κ3) is 5.46. The van der Waals surface area contributed by atoms with E-state index in [4.69, 9.17) is 10.8 Å². The van der Waals surface area contributed by atoms with E-state index in [0.717, 1.165) is 12.8 Å². The summed E-state index contributed by atoms with van der Waals surface area (Å²) in [4.78, 5) is 33.7. The fraction of sp³-hybridized carbons (Fsp3) is 0.769. The lowest BCUT2D eigenvalue weighted by Crippen LogP contribution is -2.53. The Morgan fingerprint density at radius 2 is 1.95 bits per heavy atom. The Balaban J connectivity index is 2.45. The number of carboxylic acid groups (broad SMARTS) is 1. The zero-order valence-corrected chi connectivity index (χ0v) is 11.9. The molecule has 2 unspecified atom stereocenters. The molecular weight excluding hydrogens is 262 g/mol. The fourth-order valence-electron chi connectivity index (χ4n) is 2.55. The molecule has 0 spiro atoms. The lowest BCUT2D eigenvalue weighted by Gasteiger charge is -2.30.